The summed E-state index contributed by atoms with van der Waals surface area (Å²) < 4.78 is 9.92. The normalized spacial score (nSPS) is 11.6. The Hall–Kier alpha value is 0.140. The largest absolute Gasteiger partial charge is 0.352 e. The molecule has 0 saturated heterocycles. The van der Waals surface area contributed by atoms with E-state index in [0.29, 0.717) is 0 Å². The molecule has 0 aromatic heterocycles. The molecule has 0 fully saturated rings. The fraction of sp³-hybridized carbons (Fsp3) is 0.750. The van der Waals surface area contributed by atoms with E-state index in [2.05, 4.69) is 22.0 Å². The van der Waals surface area contributed by atoms with Gasteiger partial charge in [0, 0.05) is 19.5 Å². The van der Waals surface area contributed by atoms with Gasteiger partial charge < -0.3 is 9.47 Å². The van der Waals surface area contributed by atoms with Gasteiger partial charge in [-0.2, -0.15) is 0 Å². The van der Waals surface area contributed by atoms with Crippen LogP contribution in [0.3, 0.4) is 0 Å². The predicted molar refractivity (Wildman–Crippen MR) is 50.0 cm³/mol. The van der Waals surface area contributed by atoms with Crippen LogP contribution in [0.5, 0.6) is 0 Å². The molecule has 0 aliphatic heterocycles. The van der Waals surface area contributed by atoms with E-state index in [1.165, 1.54) is 0 Å². The van der Waals surface area contributed by atoms with E-state index in [0.717, 1.165) is 18.2 Å². The Bertz CT molecular complexity index is 100. The maximum atomic E-state index is 4.96. The maximum absolute atomic E-state index is 4.96. The molecule has 3 heteroatoms. The number of allylic oxidation sites excluding steroid dienone is 1. The van der Waals surface area contributed by atoms with Crippen LogP contribution in [0.2, 0.25) is 0 Å². The zero-order chi connectivity index (χ0) is 8.53. The van der Waals surface area contributed by atoms with Crippen LogP contribution < -0.4 is 0 Å². The van der Waals surface area contributed by atoms with Crippen molar-refractivity contribution in [2.24, 2.45) is 0 Å². The van der Waals surface area contributed by atoms with Gasteiger partial charge in [-0.25, -0.2) is 0 Å². The summed E-state index contributed by atoms with van der Waals surface area (Å²) >= 11 is 3.35. The average Bonchev–Trinajstić information content (AvgIpc) is 2.05. The zero-order valence-corrected chi connectivity index (χ0v) is 8.63. The monoisotopic (exact) mass is 222 g/mol. The lowest BCUT2D eigenvalue weighted by Crippen LogP contribution is -2.08. The highest BCUT2D eigenvalue weighted by atomic mass is 79.9. The van der Waals surface area contributed by atoms with Gasteiger partial charge in [-0.05, 0) is 18.9 Å². The second-order valence-electron chi connectivity index (χ2n) is 2.10. The van der Waals surface area contributed by atoms with Gasteiger partial charge in [0.15, 0.2) is 6.29 Å². The van der Waals surface area contributed by atoms with Gasteiger partial charge in [-0.15, -0.1) is 0 Å². The van der Waals surface area contributed by atoms with Gasteiger partial charge >= 0.3 is 0 Å². The molecule has 0 N–H and O–H groups in total. The number of unbranched alkanes of at least 4 members (excludes halogenated alkanes) is 1. The lowest BCUT2D eigenvalue weighted by atomic mass is 10.3. The van der Waals surface area contributed by atoms with Crippen molar-refractivity contribution >= 4 is 15.9 Å². The fourth-order valence-electron chi connectivity index (χ4n) is 0.656. The third-order valence-corrected chi connectivity index (χ3v) is 1.82. The Balaban J connectivity index is 3.36. The standard InChI is InChI=1S/C8H15BrO2/c1-10-8(11-2)6-4-3-5-7-9/h4,6,8H,3,5,7H2,1-2H3/b6-4+. The van der Waals surface area contributed by atoms with Gasteiger partial charge in [-0.1, -0.05) is 22.0 Å². The topological polar surface area (TPSA) is 18.5 Å². The highest BCUT2D eigenvalue weighted by molar-refractivity contribution is 9.09. The van der Waals surface area contributed by atoms with E-state index in [9.17, 15) is 0 Å². The molecular formula is C8H15BrO2. The summed E-state index contributed by atoms with van der Waals surface area (Å²) in [7, 11) is 3.26. The van der Waals surface area contributed by atoms with E-state index in [-0.39, 0.29) is 6.29 Å². The minimum absolute atomic E-state index is 0.190. The summed E-state index contributed by atoms with van der Waals surface area (Å²) in [4.78, 5) is 0. The van der Waals surface area contributed by atoms with E-state index >= 15 is 0 Å². The van der Waals surface area contributed by atoms with E-state index in [1.807, 2.05) is 6.08 Å². The molecule has 0 radical (unpaired) electrons. The molecule has 0 aliphatic carbocycles. The van der Waals surface area contributed by atoms with Crippen molar-refractivity contribution < 1.29 is 9.47 Å². The first-order valence-electron chi connectivity index (χ1n) is 3.63. The van der Waals surface area contributed by atoms with Gasteiger partial charge in [-0.3, -0.25) is 0 Å². The Morgan fingerprint density at radius 3 is 2.45 bits per heavy atom. The highest BCUT2D eigenvalue weighted by Gasteiger charge is 1.95. The number of alkyl halides is 1. The molecule has 2 nitrogen and oxygen atoms in total. The summed E-state index contributed by atoms with van der Waals surface area (Å²) in [5, 5.41) is 1.04. The Labute approximate surface area is 76.7 Å². The molecular weight excluding hydrogens is 208 g/mol. The predicted octanol–water partition coefficient (Wildman–Crippen LogP) is 2.34. The van der Waals surface area contributed by atoms with Crippen LogP contribution >= 0.6 is 15.9 Å². The van der Waals surface area contributed by atoms with Crippen molar-refractivity contribution in [3.05, 3.63) is 12.2 Å². The summed E-state index contributed by atoms with van der Waals surface area (Å²) in [5.74, 6) is 0. The Kier molecular flexibility index (Phi) is 8.34. The number of hydrogen-bond donors (Lipinski definition) is 0. The Morgan fingerprint density at radius 2 is 2.00 bits per heavy atom. The molecule has 0 saturated carbocycles. The summed E-state index contributed by atoms with van der Waals surface area (Å²) in [6.45, 7) is 0. The first-order valence-corrected chi connectivity index (χ1v) is 4.75. The first kappa shape index (κ1) is 11.1. The van der Waals surface area contributed by atoms with E-state index in [1.54, 1.807) is 14.2 Å². The lowest BCUT2D eigenvalue weighted by molar-refractivity contribution is -0.0667. The van der Waals surface area contributed by atoms with Crippen molar-refractivity contribution in [1.82, 2.24) is 0 Å². The SMILES string of the molecule is COC(/C=C/CCCBr)OC. The van der Waals surface area contributed by atoms with Gasteiger partial charge in [0.05, 0.1) is 0 Å². The number of ether oxygens (including phenoxy) is 2. The third-order valence-electron chi connectivity index (χ3n) is 1.26. The Morgan fingerprint density at radius 1 is 1.36 bits per heavy atom. The van der Waals surface area contributed by atoms with Crippen LogP contribution in [0.15, 0.2) is 12.2 Å². The van der Waals surface area contributed by atoms with Crippen molar-refractivity contribution in [3.8, 4) is 0 Å². The second kappa shape index (κ2) is 8.24. The van der Waals surface area contributed by atoms with Gasteiger partial charge in [0.2, 0.25) is 0 Å². The first-order chi connectivity index (χ1) is 5.35. The minimum Gasteiger partial charge on any atom is -0.352 e. The van der Waals surface area contributed by atoms with Crippen molar-refractivity contribution in [2.45, 2.75) is 19.1 Å². The van der Waals surface area contributed by atoms with Crippen molar-refractivity contribution in [1.29, 1.82) is 0 Å². The summed E-state index contributed by atoms with van der Waals surface area (Å²) in [6, 6.07) is 0. The molecule has 0 heterocycles. The molecule has 0 rings (SSSR count). The molecule has 0 spiro atoms. The minimum atomic E-state index is -0.190. The molecule has 0 bridgehead atoms. The van der Waals surface area contributed by atoms with Crippen LogP contribution in [0.4, 0.5) is 0 Å². The molecule has 0 aliphatic rings. The van der Waals surface area contributed by atoms with Crippen LogP contribution in [0.25, 0.3) is 0 Å². The van der Waals surface area contributed by atoms with Crippen LogP contribution in [0.1, 0.15) is 12.8 Å². The molecule has 0 aromatic rings. The molecule has 0 atom stereocenters. The van der Waals surface area contributed by atoms with Crippen molar-refractivity contribution in [2.75, 3.05) is 19.5 Å². The number of methoxy groups -OCH3 is 2. The molecule has 0 aromatic carbocycles. The third kappa shape index (κ3) is 6.53. The van der Waals surface area contributed by atoms with Crippen molar-refractivity contribution in [3.63, 3.8) is 0 Å². The van der Waals surface area contributed by atoms with Crippen LogP contribution in [-0.2, 0) is 9.47 Å². The number of hydrogen-bond acceptors (Lipinski definition) is 2. The molecule has 0 amide bonds. The smallest absolute Gasteiger partial charge is 0.176 e. The maximum Gasteiger partial charge on any atom is 0.176 e. The molecule has 0 unspecified atom stereocenters. The summed E-state index contributed by atoms with van der Waals surface area (Å²) in [6.07, 6.45) is 6.01. The second-order valence-corrected chi connectivity index (χ2v) is 2.89. The number of rotatable bonds is 6. The molecule has 66 valence electrons. The van der Waals surface area contributed by atoms with E-state index < -0.39 is 0 Å². The zero-order valence-electron chi connectivity index (χ0n) is 7.05. The fourth-order valence-corrected chi connectivity index (χ4v) is 0.979. The van der Waals surface area contributed by atoms with E-state index in [4.69, 9.17) is 9.47 Å². The summed E-state index contributed by atoms with van der Waals surface area (Å²) in [5.41, 5.74) is 0. The average molecular weight is 223 g/mol. The van der Waals surface area contributed by atoms with Crippen LogP contribution in [-0.4, -0.2) is 25.8 Å². The highest BCUT2D eigenvalue weighted by Crippen LogP contribution is 1.98. The quantitative estimate of drug-likeness (QED) is 0.298. The van der Waals surface area contributed by atoms with Gasteiger partial charge in [0.25, 0.3) is 0 Å². The van der Waals surface area contributed by atoms with Crippen LogP contribution in [0, 0.1) is 0 Å². The van der Waals surface area contributed by atoms with Gasteiger partial charge in [0.1, 0.15) is 0 Å². The number of halogens is 1. The lowest BCUT2D eigenvalue weighted by Gasteiger charge is -2.06. The molecule has 11 heavy (non-hydrogen) atoms.